The van der Waals surface area contributed by atoms with E-state index < -0.39 is 5.60 Å². The van der Waals surface area contributed by atoms with Crippen LogP contribution in [0.15, 0.2) is 24.3 Å². The predicted molar refractivity (Wildman–Crippen MR) is 83.0 cm³/mol. The van der Waals surface area contributed by atoms with Crippen LogP contribution in [0.4, 0.5) is 5.69 Å². The van der Waals surface area contributed by atoms with Gasteiger partial charge in [-0.2, -0.15) is 0 Å². The summed E-state index contributed by atoms with van der Waals surface area (Å²) in [6.07, 6.45) is 5.46. The molecule has 2 fully saturated rings. The van der Waals surface area contributed by atoms with Crippen LogP contribution in [0.5, 0.6) is 0 Å². The van der Waals surface area contributed by atoms with Crippen LogP contribution in [-0.2, 0) is 0 Å². The summed E-state index contributed by atoms with van der Waals surface area (Å²) < 4.78 is 0. The van der Waals surface area contributed by atoms with Crippen LogP contribution in [0, 0.1) is 5.92 Å². The number of aliphatic hydroxyl groups is 1. The Balaban J connectivity index is 1.84. The zero-order chi connectivity index (χ0) is 14.2. The number of fused-ring (bicyclic) bond motifs is 1. The first-order valence-corrected chi connectivity index (χ1v) is 7.83. The average molecular weight is 274 g/mol. The van der Waals surface area contributed by atoms with Gasteiger partial charge in [-0.25, -0.2) is 0 Å². The number of rotatable bonds is 2. The van der Waals surface area contributed by atoms with Crippen molar-refractivity contribution in [2.75, 3.05) is 25.5 Å². The first kappa shape index (κ1) is 13.9. The summed E-state index contributed by atoms with van der Waals surface area (Å²) in [6.45, 7) is 0.924. The van der Waals surface area contributed by atoms with Gasteiger partial charge in [0.25, 0.3) is 0 Å². The molecule has 0 unspecified atom stereocenters. The number of benzene rings is 1. The smallest absolute Gasteiger partial charge is 0.0706 e. The lowest BCUT2D eigenvalue weighted by Crippen LogP contribution is -2.53. The average Bonchev–Trinajstić information content (AvgIpc) is 2.46. The normalized spacial score (nSPS) is 33.5. The van der Waals surface area contributed by atoms with Gasteiger partial charge in [-0.1, -0.05) is 25.0 Å². The molecule has 0 bridgehead atoms. The van der Waals surface area contributed by atoms with E-state index in [1.54, 1.807) is 0 Å². The summed E-state index contributed by atoms with van der Waals surface area (Å²) in [7, 11) is 4.13. The highest BCUT2D eigenvalue weighted by molar-refractivity contribution is 5.46. The number of anilines is 1. The minimum atomic E-state index is -0.436. The van der Waals surface area contributed by atoms with Gasteiger partial charge in [-0.05, 0) is 43.5 Å². The lowest BCUT2D eigenvalue weighted by Gasteiger charge is -2.48. The SMILES string of the molecule is CN(C)c1ccc([C@H]2NCC[C@]3(O)CCCC[C@@H]23)cc1. The molecule has 1 saturated heterocycles. The van der Waals surface area contributed by atoms with Crippen LogP contribution in [0.25, 0.3) is 0 Å². The molecule has 2 N–H and O–H groups in total. The highest BCUT2D eigenvalue weighted by Crippen LogP contribution is 2.45. The van der Waals surface area contributed by atoms with Crippen LogP contribution in [0.2, 0.25) is 0 Å². The molecule has 0 amide bonds. The van der Waals surface area contributed by atoms with Crippen molar-refractivity contribution >= 4 is 5.69 Å². The van der Waals surface area contributed by atoms with Crippen LogP contribution in [0.1, 0.15) is 43.7 Å². The molecule has 1 aliphatic heterocycles. The third-order valence-electron chi connectivity index (χ3n) is 5.16. The summed E-state index contributed by atoms with van der Waals surface area (Å²) in [5, 5.41) is 14.6. The Hall–Kier alpha value is -1.06. The topological polar surface area (TPSA) is 35.5 Å². The predicted octanol–water partition coefficient (Wildman–Crippen LogP) is 2.71. The quantitative estimate of drug-likeness (QED) is 0.870. The summed E-state index contributed by atoms with van der Waals surface area (Å²) >= 11 is 0. The van der Waals surface area contributed by atoms with Crippen molar-refractivity contribution < 1.29 is 5.11 Å². The van der Waals surface area contributed by atoms with Crippen LogP contribution in [-0.4, -0.2) is 31.3 Å². The van der Waals surface area contributed by atoms with Crippen molar-refractivity contribution in [3.63, 3.8) is 0 Å². The zero-order valence-electron chi connectivity index (χ0n) is 12.6. The van der Waals surface area contributed by atoms with Gasteiger partial charge >= 0.3 is 0 Å². The number of hydrogen-bond acceptors (Lipinski definition) is 3. The molecule has 20 heavy (non-hydrogen) atoms. The minimum Gasteiger partial charge on any atom is -0.389 e. The van der Waals surface area contributed by atoms with Gasteiger partial charge in [0.2, 0.25) is 0 Å². The van der Waals surface area contributed by atoms with Crippen molar-refractivity contribution in [2.24, 2.45) is 5.92 Å². The molecule has 3 atom stereocenters. The summed E-state index contributed by atoms with van der Waals surface area (Å²) in [5.74, 6) is 0.371. The number of nitrogens with zero attached hydrogens (tertiary/aromatic N) is 1. The second-order valence-electron chi connectivity index (χ2n) is 6.62. The van der Waals surface area contributed by atoms with Crippen LogP contribution < -0.4 is 10.2 Å². The van der Waals surface area contributed by atoms with Crippen molar-refractivity contribution in [1.82, 2.24) is 5.32 Å². The molecule has 1 aromatic rings. The second kappa shape index (κ2) is 5.38. The van der Waals surface area contributed by atoms with Gasteiger partial charge in [-0.3, -0.25) is 0 Å². The summed E-state index contributed by atoms with van der Waals surface area (Å²) in [4.78, 5) is 2.12. The maximum Gasteiger partial charge on any atom is 0.0706 e. The molecule has 0 spiro atoms. The van der Waals surface area contributed by atoms with E-state index in [1.807, 2.05) is 0 Å². The maximum atomic E-state index is 10.9. The third kappa shape index (κ3) is 2.45. The maximum absolute atomic E-state index is 10.9. The van der Waals surface area contributed by atoms with E-state index >= 15 is 0 Å². The van der Waals surface area contributed by atoms with Gasteiger partial charge in [0.15, 0.2) is 0 Å². The van der Waals surface area contributed by atoms with Crippen LogP contribution >= 0.6 is 0 Å². The molecule has 1 saturated carbocycles. The Morgan fingerprint density at radius 2 is 1.90 bits per heavy atom. The lowest BCUT2D eigenvalue weighted by atomic mass is 9.67. The molecule has 3 rings (SSSR count). The van der Waals surface area contributed by atoms with E-state index in [0.717, 1.165) is 25.8 Å². The molecule has 3 nitrogen and oxygen atoms in total. The van der Waals surface area contributed by atoms with E-state index in [0.29, 0.717) is 12.0 Å². The standard InChI is InChI=1S/C17H26N2O/c1-19(2)14-8-6-13(7-9-14)16-15-5-3-4-10-17(15,20)11-12-18-16/h6-9,15-16,18,20H,3-5,10-12H2,1-2H3/t15-,16+,17+/m0/s1. The van der Waals surface area contributed by atoms with Gasteiger partial charge in [0.05, 0.1) is 5.60 Å². The Morgan fingerprint density at radius 3 is 2.60 bits per heavy atom. The molecule has 110 valence electrons. The van der Waals surface area contributed by atoms with Gasteiger partial charge < -0.3 is 15.3 Å². The first-order valence-electron chi connectivity index (χ1n) is 7.83. The highest BCUT2D eigenvalue weighted by atomic mass is 16.3. The van der Waals surface area contributed by atoms with Gasteiger partial charge in [0, 0.05) is 31.7 Å². The second-order valence-corrected chi connectivity index (χ2v) is 6.62. The van der Waals surface area contributed by atoms with E-state index in [4.69, 9.17) is 0 Å². The Kier molecular flexibility index (Phi) is 3.74. The Morgan fingerprint density at radius 1 is 1.15 bits per heavy atom. The number of piperidine rings is 1. The molecule has 1 aliphatic carbocycles. The summed E-state index contributed by atoms with van der Waals surface area (Å²) in [5.41, 5.74) is 2.11. The monoisotopic (exact) mass is 274 g/mol. The summed E-state index contributed by atoms with van der Waals surface area (Å²) in [6, 6.07) is 9.09. The van der Waals surface area contributed by atoms with E-state index in [1.165, 1.54) is 24.1 Å². The van der Waals surface area contributed by atoms with Crippen molar-refractivity contribution in [1.29, 1.82) is 0 Å². The van der Waals surface area contributed by atoms with Crippen LogP contribution in [0.3, 0.4) is 0 Å². The molecule has 3 heteroatoms. The fourth-order valence-electron chi connectivity index (χ4n) is 3.95. The van der Waals surface area contributed by atoms with E-state index in [9.17, 15) is 5.11 Å². The van der Waals surface area contributed by atoms with E-state index in [-0.39, 0.29) is 0 Å². The molecule has 0 aromatic heterocycles. The number of nitrogens with one attached hydrogen (secondary N) is 1. The van der Waals surface area contributed by atoms with Crippen molar-refractivity contribution in [3.8, 4) is 0 Å². The van der Waals surface area contributed by atoms with Gasteiger partial charge in [-0.15, -0.1) is 0 Å². The molecular weight excluding hydrogens is 248 g/mol. The van der Waals surface area contributed by atoms with E-state index in [2.05, 4.69) is 48.6 Å². The van der Waals surface area contributed by atoms with Crippen molar-refractivity contribution in [2.45, 2.75) is 43.7 Å². The van der Waals surface area contributed by atoms with Gasteiger partial charge in [0.1, 0.15) is 0 Å². The third-order valence-corrected chi connectivity index (χ3v) is 5.16. The zero-order valence-corrected chi connectivity index (χ0v) is 12.6. The Bertz CT molecular complexity index is 453. The molecule has 1 aromatic carbocycles. The molecular formula is C17H26N2O. The highest BCUT2D eigenvalue weighted by Gasteiger charge is 2.45. The minimum absolute atomic E-state index is 0.310. The fraction of sp³-hybridized carbons (Fsp3) is 0.647. The largest absolute Gasteiger partial charge is 0.389 e. The lowest BCUT2D eigenvalue weighted by molar-refractivity contribution is -0.0861. The molecule has 2 aliphatic rings. The fourth-order valence-corrected chi connectivity index (χ4v) is 3.95. The Labute approximate surface area is 122 Å². The van der Waals surface area contributed by atoms with Crippen molar-refractivity contribution in [3.05, 3.63) is 29.8 Å². The first-order chi connectivity index (χ1) is 9.60. The molecule has 1 heterocycles. The molecule has 0 radical (unpaired) electrons. The number of hydrogen-bond donors (Lipinski definition) is 2.